The highest BCUT2D eigenvalue weighted by molar-refractivity contribution is 7.89. The van der Waals surface area contributed by atoms with Gasteiger partial charge in [0.25, 0.3) is 0 Å². The molecule has 0 bridgehead atoms. The molecule has 1 aromatic carbocycles. The number of benzene rings is 1. The number of sulfonamides is 1. The smallest absolute Gasteiger partial charge is 0.243 e. The van der Waals surface area contributed by atoms with Crippen molar-refractivity contribution in [3.8, 4) is 5.75 Å². The van der Waals surface area contributed by atoms with Crippen LogP contribution >= 0.6 is 0 Å². The molecule has 0 amide bonds. The minimum absolute atomic E-state index is 0.00163. The third-order valence-corrected chi connectivity index (χ3v) is 5.43. The maximum Gasteiger partial charge on any atom is 0.243 e. The number of hydrogen-bond donors (Lipinski definition) is 1. The summed E-state index contributed by atoms with van der Waals surface area (Å²) in [4.78, 5) is 0.204. The van der Waals surface area contributed by atoms with E-state index in [9.17, 15) is 13.5 Å². The van der Waals surface area contributed by atoms with Crippen molar-refractivity contribution in [1.29, 1.82) is 0 Å². The highest BCUT2D eigenvalue weighted by Crippen LogP contribution is 2.38. The van der Waals surface area contributed by atoms with E-state index in [1.165, 1.54) is 12.1 Å². The van der Waals surface area contributed by atoms with E-state index in [4.69, 9.17) is 0 Å². The number of phenolic OH excluding ortho intramolecular Hbond substituents is 1. The molecule has 0 heterocycles. The fourth-order valence-electron chi connectivity index (χ4n) is 2.14. The van der Waals surface area contributed by atoms with E-state index in [0.717, 1.165) is 25.7 Å². The zero-order valence-electron chi connectivity index (χ0n) is 10.1. The van der Waals surface area contributed by atoms with Gasteiger partial charge in [0.05, 0.1) is 4.90 Å². The normalized spacial score (nSPS) is 20.3. The third-order valence-electron chi connectivity index (χ3n) is 3.51. The summed E-state index contributed by atoms with van der Waals surface area (Å²) in [6, 6.07) is 6.12. The summed E-state index contributed by atoms with van der Waals surface area (Å²) in [7, 11) is -3.44. The van der Waals surface area contributed by atoms with Gasteiger partial charge in [0.2, 0.25) is 10.0 Å². The van der Waals surface area contributed by atoms with Gasteiger partial charge >= 0.3 is 0 Å². The van der Waals surface area contributed by atoms with Crippen LogP contribution in [0.2, 0.25) is 0 Å². The standard InChI is InChI=1S/C13H17NO3S/c15-12-2-1-3-13(8-12)18(16,17)14(11-6-7-11)9-10-4-5-10/h1-3,8,10-11,15H,4-7,9H2. The summed E-state index contributed by atoms with van der Waals surface area (Å²) in [5, 5.41) is 9.42. The van der Waals surface area contributed by atoms with E-state index in [1.807, 2.05) is 0 Å². The Morgan fingerprint density at radius 1 is 1.22 bits per heavy atom. The van der Waals surface area contributed by atoms with E-state index in [-0.39, 0.29) is 16.7 Å². The maximum absolute atomic E-state index is 12.5. The molecule has 0 aliphatic heterocycles. The lowest BCUT2D eigenvalue weighted by atomic mass is 10.3. The van der Waals surface area contributed by atoms with Crippen molar-refractivity contribution in [2.45, 2.75) is 36.6 Å². The van der Waals surface area contributed by atoms with E-state index >= 15 is 0 Å². The minimum atomic E-state index is -3.44. The Balaban J connectivity index is 1.90. The fourth-order valence-corrected chi connectivity index (χ4v) is 3.94. The SMILES string of the molecule is O=S(=O)(c1cccc(O)c1)N(CC1CC1)C1CC1. The molecule has 98 valence electrons. The van der Waals surface area contributed by atoms with Crippen LogP contribution in [0.25, 0.3) is 0 Å². The van der Waals surface area contributed by atoms with Crippen molar-refractivity contribution in [2.24, 2.45) is 5.92 Å². The lowest BCUT2D eigenvalue weighted by molar-refractivity contribution is 0.388. The Kier molecular flexibility index (Phi) is 2.83. The minimum Gasteiger partial charge on any atom is -0.508 e. The molecule has 0 saturated heterocycles. The first-order valence-electron chi connectivity index (χ1n) is 6.38. The molecule has 0 unspecified atom stereocenters. The predicted molar refractivity (Wildman–Crippen MR) is 67.7 cm³/mol. The van der Waals surface area contributed by atoms with Gasteiger partial charge in [-0.25, -0.2) is 8.42 Å². The van der Waals surface area contributed by atoms with Crippen LogP contribution in [-0.4, -0.2) is 30.4 Å². The fraction of sp³-hybridized carbons (Fsp3) is 0.538. The summed E-state index contributed by atoms with van der Waals surface area (Å²) in [6.07, 6.45) is 4.20. The number of hydrogen-bond acceptors (Lipinski definition) is 3. The zero-order chi connectivity index (χ0) is 12.8. The molecule has 0 spiro atoms. The third kappa shape index (κ3) is 2.37. The Morgan fingerprint density at radius 3 is 2.50 bits per heavy atom. The second kappa shape index (κ2) is 4.24. The second-order valence-electron chi connectivity index (χ2n) is 5.25. The van der Waals surface area contributed by atoms with E-state index in [0.29, 0.717) is 12.5 Å². The van der Waals surface area contributed by atoms with Gasteiger partial charge in [0.15, 0.2) is 0 Å². The van der Waals surface area contributed by atoms with Crippen molar-refractivity contribution in [1.82, 2.24) is 4.31 Å². The van der Waals surface area contributed by atoms with Crippen molar-refractivity contribution >= 4 is 10.0 Å². The molecule has 2 saturated carbocycles. The summed E-state index contributed by atoms with van der Waals surface area (Å²) < 4.78 is 26.7. The maximum atomic E-state index is 12.5. The van der Waals surface area contributed by atoms with Gasteiger partial charge in [-0.3, -0.25) is 0 Å². The molecule has 4 nitrogen and oxygen atoms in total. The molecule has 3 rings (SSSR count). The Bertz CT molecular complexity index is 547. The Hall–Kier alpha value is -1.07. The van der Waals surface area contributed by atoms with Crippen LogP contribution in [0.5, 0.6) is 5.75 Å². The molecule has 5 heteroatoms. The van der Waals surface area contributed by atoms with E-state index in [1.54, 1.807) is 16.4 Å². The molecular weight excluding hydrogens is 250 g/mol. The zero-order valence-corrected chi connectivity index (χ0v) is 10.9. The largest absolute Gasteiger partial charge is 0.508 e. The first-order valence-corrected chi connectivity index (χ1v) is 7.82. The van der Waals surface area contributed by atoms with Gasteiger partial charge in [-0.1, -0.05) is 6.07 Å². The molecule has 2 aliphatic rings. The highest BCUT2D eigenvalue weighted by atomic mass is 32.2. The van der Waals surface area contributed by atoms with Crippen molar-refractivity contribution in [3.63, 3.8) is 0 Å². The van der Waals surface area contributed by atoms with Gasteiger partial charge in [-0.15, -0.1) is 0 Å². The predicted octanol–water partition coefficient (Wildman–Crippen LogP) is 1.96. The first kappa shape index (κ1) is 12.0. The topological polar surface area (TPSA) is 57.6 Å². The van der Waals surface area contributed by atoms with E-state index < -0.39 is 10.0 Å². The van der Waals surface area contributed by atoms with Crippen LogP contribution < -0.4 is 0 Å². The molecule has 1 aromatic rings. The lowest BCUT2D eigenvalue weighted by Gasteiger charge is -2.21. The van der Waals surface area contributed by atoms with Crippen molar-refractivity contribution < 1.29 is 13.5 Å². The Labute approximate surface area is 107 Å². The average Bonchev–Trinajstić information content (AvgIpc) is 3.18. The molecule has 0 radical (unpaired) electrons. The first-order chi connectivity index (χ1) is 8.57. The molecule has 18 heavy (non-hydrogen) atoms. The van der Waals surface area contributed by atoms with E-state index in [2.05, 4.69) is 0 Å². The second-order valence-corrected chi connectivity index (χ2v) is 7.14. The molecule has 2 aliphatic carbocycles. The number of phenols is 1. The summed E-state index contributed by atoms with van der Waals surface area (Å²) in [5.74, 6) is 0.538. The number of nitrogens with zero attached hydrogens (tertiary/aromatic N) is 1. The van der Waals surface area contributed by atoms with Gasteiger partial charge in [-0.2, -0.15) is 4.31 Å². The monoisotopic (exact) mass is 267 g/mol. The van der Waals surface area contributed by atoms with Gasteiger partial charge in [-0.05, 0) is 49.8 Å². The van der Waals surface area contributed by atoms with Crippen LogP contribution in [0.4, 0.5) is 0 Å². The van der Waals surface area contributed by atoms with Crippen molar-refractivity contribution in [2.75, 3.05) is 6.54 Å². The summed E-state index contributed by atoms with van der Waals surface area (Å²) >= 11 is 0. The highest BCUT2D eigenvalue weighted by Gasteiger charge is 2.41. The molecule has 0 atom stereocenters. The van der Waals surface area contributed by atoms with Crippen LogP contribution in [0.3, 0.4) is 0 Å². The molecular formula is C13H17NO3S. The molecule has 1 N–H and O–H groups in total. The van der Waals surface area contributed by atoms with Crippen LogP contribution in [0, 0.1) is 5.92 Å². The Morgan fingerprint density at radius 2 is 1.94 bits per heavy atom. The summed E-state index contributed by atoms with van der Waals surface area (Å²) in [6.45, 7) is 0.642. The number of aromatic hydroxyl groups is 1. The van der Waals surface area contributed by atoms with Gasteiger partial charge in [0.1, 0.15) is 5.75 Å². The number of rotatable bonds is 5. The van der Waals surface area contributed by atoms with Gasteiger partial charge < -0.3 is 5.11 Å². The average molecular weight is 267 g/mol. The molecule has 0 aromatic heterocycles. The van der Waals surface area contributed by atoms with Crippen molar-refractivity contribution in [3.05, 3.63) is 24.3 Å². The summed E-state index contributed by atoms with van der Waals surface area (Å²) in [5.41, 5.74) is 0. The van der Waals surface area contributed by atoms with Crippen LogP contribution in [-0.2, 0) is 10.0 Å². The van der Waals surface area contributed by atoms with Crippen LogP contribution in [0.1, 0.15) is 25.7 Å². The molecule has 2 fully saturated rings. The lowest BCUT2D eigenvalue weighted by Crippen LogP contribution is -2.34. The quantitative estimate of drug-likeness (QED) is 0.887. The van der Waals surface area contributed by atoms with Gasteiger partial charge in [0, 0.05) is 12.6 Å². The van der Waals surface area contributed by atoms with Crippen LogP contribution in [0.15, 0.2) is 29.2 Å².